The highest BCUT2D eigenvalue weighted by molar-refractivity contribution is 6.91. The quantitative estimate of drug-likeness (QED) is 0.217. The monoisotopic (exact) mass is 346 g/mol. The van der Waals surface area contributed by atoms with Crippen LogP contribution in [0.5, 0.6) is 0 Å². The maximum atomic E-state index is 2.44. The summed E-state index contributed by atoms with van der Waals surface area (Å²) in [5, 5.41) is 0. The minimum atomic E-state index is -0.375. The first-order valence-electron chi connectivity index (χ1n) is 11.5. The molecule has 1 heterocycles. The molecule has 0 atom stereocenters. The Morgan fingerprint density at radius 1 is 0.680 bits per heavy atom. The summed E-state index contributed by atoms with van der Waals surface area (Å²) in [4.78, 5) is 0. The number of hydrogen-bond donors (Lipinski definition) is 0. The van der Waals surface area contributed by atoms with Crippen molar-refractivity contribution in [1.29, 1.82) is 0 Å². The molecule has 0 aliphatic rings. The predicted molar refractivity (Wildman–Crippen MR) is 118 cm³/mol. The van der Waals surface area contributed by atoms with Crippen molar-refractivity contribution >= 4 is 11.7 Å². The van der Waals surface area contributed by atoms with Gasteiger partial charge >= 0.3 is 0 Å². The molecular formula is C23H45BN-. The molecule has 0 spiro atoms. The number of rotatable bonds is 16. The third kappa shape index (κ3) is 8.05. The van der Waals surface area contributed by atoms with Crippen molar-refractivity contribution in [3.63, 3.8) is 0 Å². The molecule has 0 bridgehead atoms. The van der Waals surface area contributed by atoms with E-state index in [1.807, 2.05) is 0 Å². The lowest BCUT2D eigenvalue weighted by atomic mass is 9.17. The first-order valence-corrected chi connectivity index (χ1v) is 11.5. The van der Waals surface area contributed by atoms with Gasteiger partial charge in [0.2, 0.25) is 0 Å². The van der Waals surface area contributed by atoms with E-state index in [4.69, 9.17) is 0 Å². The minimum Gasteiger partial charge on any atom is -0.392 e. The van der Waals surface area contributed by atoms with Gasteiger partial charge in [0.25, 0.3) is 0 Å². The Bertz CT molecular complexity index is 392. The Morgan fingerprint density at radius 3 is 1.44 bits per heavy atom. The summed E-state index contributed by atoms with van der Waals surface area (Å²) in [5.74, 6) is 0. The second-order valence-electron chi connectivity index (χ2n) is 8.57. The van der Waals surface area contributed by atoms with Crippen molar-refractivity contribution in [3.8, 4) is 0 Å². The number of aromatic nitrogens is 1. The van der Waals surface area contributed by atoms with Gasteiger partial charge in [-0.2, -0.15) is 19.0 Å². The standard InChI is InChI=1S/C23H45BN/c1-5-8-11-14-19-24(20-15-12-9-6-2,21-16-13-10-7-3)23-18-17-22-25(23)4/h17-18,22H,5-16,19-21H2,1-4H3/q-1. The second-order valence-corrected chi connectivity index (χ2v) is 8.57. The van der Waals surface area contributed by atoms with Crippen LogP contribution in [0.15, 0.2) is 18.3 Å². The topological polar surface area (TPSA) is 4.93 Å². The molecule has 146 valence electrons. The lowest BCUT2D eigenvalue weighted by molar-refractivity contribution is 0.666. The fourth-order valence-electron chi connectivity index (χ4n) is 4.87. The molecule has 0 fully saturated rings. The molecular weight excluding hydrogens is 301 g/mol. The van der Waals surface area contributed by atoms with Gasteiger partial charge < -0.3 is 4.57 Å². The number of aryl methyl sites for hydroxylation is 1. The SMILES string of the molecule is CCCCCC[B-](CCCCCC)(CCCCCC)c1cccn1C. The Hall–Kier alpha value is -0.655. The molecule has 0 amide bonds. The maximum absolute atomic E-state index is 2.44. The van der Waals surface area contributed by atoms with E-state index in [1.54, 1.807) is 5.59 Å². The summed E-state index contributed by atoms with van der Waals surface area (Å²) in [6.45, 7) is 6.97. The van der Waals surface area contributed by atoms with Crippen LogP contribution in [0.25, 0.3) is 0 Å². The smallest absolute Gasteiger partial charge is 0.0465 e. The van der Waals surface area contributed by atoms with Gasteiger partial charge in [0, 0.05) is 13.2 Å². The van der Waals surface area contributed by atoms with Crippen LogP contribution in [0.1, 0.15) is 97.8 Å². The molecule has 0 unspecified atom stereocenters. The van der Waals surface area contributed by atoms with Gasteiger partial charge in [-0.05, 0) is 12.3 Å². The van der Waals surface area contributed by atoms with Crippen molar-refractivity contribution in [2.45, 2.75) is 117 Å². The Labute approximate surface area is 158 Å². The fraction of sp³-hybridized carbons (Fsp3) is 0.826. The molecule has 0 aromatic carbocycles. The van der Waals surface area contributed by atoms with Crippen LogP contribution in [0, 0.1) is 0 Å². The van der Waals surface area contributed by atoms with Gasteiger partial charge in [-0.3, -0.25) is 0 Å². The summed E-state index contributed by atoms with van der Waals surface area (Å²) in [6, 6.07) is 4.72. The average molecular weight is 346 g/mol. The molecule has 0 saturated heterocycles. The molecule has 1 rings (SSSR count). The first-order chi connectivity index (χ1) is 12.2. The molecule has 1 nitrogen and oxygen atoms in total. The third-order valence-electron chi connectivity index (χ3n) is 6.44. The van der Waals surface area contributed by atoms with E-state index in [0.29, 0.717) is 0 Å². The van der Waals surface area contributed by atoms with Crippen molar-refractivity contribution < 1.29 is 0 Å². The normalized spacial score (nSPS) is 12.0. The fourth-order valence-corrected chi connectivity index (χ4v) is 4.87. The van der Waals surface area contributed by atoms with Crippen LogP contribution < -0.4 is 5.59 Å². The number of hydrogen-bond acceptors (Lipinski definition) is 0. The Balaban J connectivity index is 2.84. The predicted octanol–water partition coefficient (Wildman–Crippen LogP) is 7.42. The van der Waals surface area contributed by atoms with Gasteiger partial charge in [0.05, 0.1) is 0 Å². The van der Waals surface area contributed by atoms with Gasteiger partial charge in [0.15, 0.2) is 0 Å². The zero-order chi connectivity index (χ0) is 18.4. The lowest BCUT2D eigenvalue weighted by Crippen LogP contribution is -2.50. The highest BCUT2D eigenvalue weighted by Crippen LogP contribution is 2.29. The summed E-state index contributed by atoms with van der Waals surface area (Å²) < 4.78 is 2.44. The van der Waals surface area contributed by atoms with E-state index in [1.165, 1.54) is 96.0 Å². The van der Waals surface area contributed by atoms with Gasteiger partial charge in [-0.15, -0.1) is 5.59 Å². The van der Waals surface area contributed by atoms with Gasteiger partial charge in [0.1, 0.15) is 0 Å². The molecule has 0 radical (unpaired) electrons. The Kier molecular flexibility index (Phi) is 12.1. The first kappa shape index (κ1) is 22.4. The van der Waals surface area contributed by atoms with Crippen molar-refractivity contribution in [2.75, 3.05) is 0 Å². The largest absolute Gasteiger partial charge is 0.392 e. The van der Waals surface area contributed by atoms with E-state index in [-0.39, 0.29) is 6.15 Å². The summed E-state index contributed by atoms with van der Waals surface area (Å²) >= 11 is 0. The number of unbranched alkanes of at least 4 members (excludes halogenated alkanes) is 9. The highest BCUT2D eigenvalue weighted by Gasteiger charge is 2.27. The summed E-state index contributed by atoms with van der Waals surface area (Å²) in [6.07, 6.45) is 23.1. The minimum absolute atomic E-state index is 0.375. The van der Waals surface area contributed by atoms with Crippen molar-refractivity contribution in [2.24, 2.45) is 7.05 Å². The molecule has 1 aromatic heterocycles. The molecule has 0 aliphatic carbocycles. The second kappa shape index (κ2) is 13.5. The molecule has 1 aromatic rings. The number of nitrogens with zero attached hydrogens (tertiary/aromatic N) is 1. The average Bonchev–Trinajstić information content (AvgIpc) is 3.05. The lowest BCUT2D eigenvalue weighted by Gasteiger charge is -2.41. The zero-order valence-corrected chi connectivity index (χ0v) is 17.9. The van der Waals surface area contributed by atoms with Crippen LogP contribution in [-0.2, 0) is 7.05 Å². The summed E-state index contributed by atoms with van der Waals surface area (Å²) in [5.41, 5.74) is 1.67. The van der Waals surface area contributed by atoms with E-state index in [0.717, 1.165) is 0 Å². The van der Waals surface area contributed by atoms with Crippen molar-refractivity contribution in [1.82, 2.24) is 4.57 Å². The van der Waals surface area contributed by atoms with E-state index in [2.05, 4.69) is 50.7 Å². The molecule has 25 heavy (non-hydrogen) atoms. The zero-order valence-electron chi connectivity index (χ0n) is 17.9. The van der Waals surface area contributed by atoms with Crippen LogP contribution in [0.2, 0.25) is 19.0 Å². The highest BCUT2D eigenvalue weighted by atomic mass is 14.9. The van der Waals surface area contributed by atoms with Crippen molar-refractivity contribution in [3.05, 3.63) is 18.3 Å². The van der Waals surface area contributed by atoms with Crippen LogP contribution >= 0.6 is 0 Å². The maximum Gasteiger partial charge on any atom is 0.0465 e. The van der Waals surface area contributed by atoms with Crippen LogP contribution in [0.4, 0.5) is 0 Å². The van der Waals surface area contributed by atoms with E-state index in [9.17, 15) is 0 Å². The van der Waals surface area contributed by atoms with E-state index < -0.39 is 0 Å². The van der Waals surface area contributed by atoms with E-state index >= 15 is 0 Å². The summed E-state index contributed by atoms with van der Waals surface area (Å²) in [7, 11) is 2.27. The molecule has 0 saturated carbocycles. The van der Waals surface area contributed by atoms with Gasteiger partial charge in [-0.25, -0.2) is 0 Å². The molecule has 0 aliphatic heterocycles. The molecule has 2 heteroatoms. The van der Waals surface area contributed by atoms with Crippen LogP contribution in [0.3, 0.4) is 0 Å². The van der Waals surface area contributed by atoms with Gasteiger partial charge in [-0.1, -0.05) is 104 Å². The molecule has 0 N–H and O–H groups in total. The Morgan fingerprint density at radius 2 is 1.12 bits per heavy atom. The third-order valence-corrected chi connectivity index (χ3v) is 6.44. The van der Waals surface area contributed by atoms with Crippen LogP contribution in [-0.4, -0.2) is 10.7 Å².